The number of ether oxygens (including phenoxy) is 2. The van der Waals surface area contributed by atoms with Crippen molar-refractivity contribution >= 4 is 29.2 Å². The van der Waals surface area contributed by atoms with Crippen molar-refractivity contribution in [3.63, 3.8) is 0 Å². The molecule has 4 bridgehead atoms. The maximum atomic E-state index is 14.8. The predicted octanol–water partition coefficient (Wildman–Crippen LogP) is 6.74. The zero-order valence-electron chi connectivity index (χ0n) is 37.7. The average Bonchev–Trinajstić information content (AvgIpc) is 3.26. The number of Topliss-reactive ketones (excluding diaryl/α,β-unsaturated/α-hetero) is 3. The summed E-state index contributed by atoms with van der Waals surface area (Å²) in [6.07, 6.45) is 1.53. The third-order valence-corrected chi connectivity index (χ3v) is 11.7. The Kier molecular flexibility index (Phi) is 17.0. The van der Waals surface area contributed by atoms with Gasteiger partial charge in [-0.1, -0.05) is 94.8 Å². The number of unbranched alkanes of at least 4 members (excludes halogenated alkanes) is 1. The first-order chi connectivity index (χ1) is 30.1. The van der Waals surface area contributed by atoms with Crippen molar-refractivity contribution in [1.29, 1.82) is 0 Å². The van der Waals surface area contributed by atoms with E-state index in [9.17, 15) is 24.0 Å². The number of fused-ring (bicyclic) bond motifs is 5. The van der Waals surface area contributed by atoms with Crippen LogP contribution in [-0.2, 0) is 31.0 Å². The highest BCUT2D eigenvalue weighted by Crippen LogP contribution is 2.41. The molecule has 0 saturated heterocycles. The summed E-state index contributed by atoms with van der Waals surface area (Å²) in [5.74, 6) is -2.31. The molecule has 0 fully saturated rings. The summed E-state index contributed by atoms with van der Waals surface area (Å²) in [6.45, 7) is 10.9. The Morgan fingerprint density at radius 3 is 1.94 bits per heavy atom. The van der Waals surface area contributed by atoms with Gasteiger partial charge in [-0.25, -0.2) is 0 Å². The van der Waals surface area contributed by atoms with Gasteiger partial charge in [0, 0.05) is 61.5 Å². The molecule has 1 aliphatic heterocycles. The van der Waals surface area contributed by atoms with Crippen LogP contribution in [0, 0.1) is 11.8 Å². The quantitative estimate of drug-likeness (QED) is 0.0652. The largest absolute Gasteiger partial charge is 0.492 e. The summed E-state index contributed by atoms with van der Waals surface area (Å²) in [5, 5.41) is 2.86. The predicted molar refractivity (Wildman–Crippen MR) is 248 cm³/mol. The van der Waals surface area contributed by atoms with Gasteiger partial charge in [0.25, 0.3) is 0 Å². The number of carbonyl (C=O) groups is 5. The van der Waals surface area contributed by atoms with E-state index in [1.807, 2.05) is 24.3 Å². The van der Waals surface area contributed by atoms with Crippen molar-refractivity contribution in [2.45, 2.75) is 90.6 Å². The lowest BCUT2D eigenvalue weighted by Gasteiger charge is -2.32. The second kappa shape index (κ2) is 22.1. The van der Waals surface area contributed by atoms with Crippen LogP contribution in [0.2, 0.25) is 0 Å². The first kappa shape index (κ1) is 48.3. The molecule has 0 radical (unpaired) electrons. The third kappa shape index (κ3) is 12.5. The second-order valence-electron chi connectivity index (χ2n) is 17.7. The van der Waals surface area contributed by atoms with Gasteiger partial charge in [-0.2, -0.15) is 0 Å². The van der Waals surface area contributed by atoms with Crippen molar-refractivity contribution in [3.8, 4) is 33.8 Å². The molecular formula is C51H65N5O7. The molecule has 0 unspecified atom stereocenters. The summed E-state index contributed by atoms with van der Waals surface area (Å²) < 4.78 is 12.3. The van der Waals surface area contributed by atoms with Crippen molar-refractivity contribution in [1.82, 2.24) is 10.2 Å². The van der Waals surface area contributed by atoms with E-state index < -0.39 is 35.6 Å². The van der Waals surface area contributed by atoms with Gasteiger partial charge in [0.1, 0.15) is 30.8 Å². The van der Waals surface area contributed by atoms with Crippen LogP contribution in [0.4, 0.5) is 0 Å². The molecule has 4 atom stereocenters. The van der Waals surface area contributed by atoms with E-state index in [1.54, 1.807) is 50.4 Å². The highest BCUT2D eigenvalue weighted by atomic mass is 16.5. The Morgan fingerprint density at radius 1 is 0.778 bits per heavy atom. The number of nitrogens with zero attached hydrogens (tertiary/aromatic N) is 1. The summed E-state index contributed by atoms with van der Waals surface area (Å²) in [4.78, 5) is 71.5. The normalized spacial score (nSPS) is 17.3. The highest BCUT2D eigenvalue weighted by Gasteiger charge is 2.36. The van der Waals surface area contributed by atoms with Gasteiger partial charge in [0.05, 0.1) is 6.04 Å². The van der Waals surface area contributed by atoms with Gasteiger partial charge >= 0.3 is 0 Å². The zero-order chi connectivity index (χ0) is 45.8. The smallest absolute Gasteiger partial charge is 0.226 e. The van der Waals surface area contributed by atoms with E-state index >= 15 is 0 Å². The van der Waals surface area contributed by atoms with Gasteiger partial charge in [-0.05, 0) is 90.2 Å². The molecule has 12 nitrogen and oxygen atoms in total. The molecule has 4 aromatic rings. The number of ketones is 3. The number of hydrogen-bond donors (Lipinski definition) is 4. The van der Waals surface area contributed by atoms with Crippen LogP contribution in [0.15, 0.2) is 84.9 Å². The summed E-state index contributed by atoms with van der Waals surface area (Å²) in [6, 6.07) is 24.6. The van der Waals surface area contributed by atoms with Crippen LogP contribution < -0.4 is 32.0 Å². The van der Waals surface area contributed by atoms with E-state index in [-0.39, 0.29) is 68.5 Å². The molecule has 1 heterocycles. The summed E-state index contributed by atoms with van der Waals surface area (Å²) in [7, 11) is 1.57. The molecule has 336 valence electrons. The van der Waals surface area contributed by atoms with E-state index in [4.69, 9.17) is 26.7 Å². The van der Waals surface area contributed by atoms with Crippen LogP contribution in [0.25, 0.3) is 22.3 Å². The minimum Gasteiger partial charge on any atom is -0.492 e. The van der Waals surface area contributed by atoms with E-state index in [0.717, 1.165) is 16.7 Å². The SMILES string of the molecule is CC(=O)[C@@H]1Cc2ccc(OCCN)c(c2)-c2cc(ccc2OCCN)[C@H](N(C)C(=O)[C@H](CCCCN)CC(=O)c2ccc(-c3ccc(C(C)(C)C)cc3)cc2)C(=O)C[C@@H](C)C(=O)N1. The van der Waals surface area contributed by atoms with Crippen LogP contribution in [0.5, 0.6) is 11.5 Å². The fourth-order valence-electron chi connectivity index (χ4n) is 8.03. The van der Waals surface area contributed by atoms with Gasteiger partial charge in [0.2, 0.25) is 11.8 Å². The van der Waals surface area contributed by atoms with Crippen LogP contribution >= 0.6 is 0 Å². The molecule has 5 rings (SSSR count). The standard InChI is InChI=1S/C51H65N5O7/c1-32-27-45(59)48(38-17-21-47(63-26-24-54)42(30-38)41-28-34(10-20-46(41)62-25-23-53)29-43(33(2)57)55-49(32)60)56(6)50(61)39(9-7-8-22-52)31-44(58)37-13-11-35(12-14-37)36-15-18-40(19-16-36)51(3,4)5/h10-21,28,30,32,39,43,48H,7-9,22-27,29,31,52-54H2,1-6H3,(H,55,60)/t32-,39-,43+,48+/m1/s1. The maximum absolute atomic E-state index is 14.8. The number of nitrogens with one attached hydrogen (secondary N) is 1. The molecule has 1 aliphatic rings. The molecule has 0 spiro atoms. The lowest BCUT2D eigenvalue weighted by Crippen LogP contribution is -2.45. The van der Waals surface area contributed by atoms with Crippen molar-refractivity contribution in [3.05, 3.63) is 107 Å². The Morgan fingerprint density at radius 2 is 1.37 bits per heavy atom. The maximum Gasteiger partial charge on any atom is 0.226 e. The molecule has 0 aromatic heterocycles. The first-order valence-electron chi connectivity index (χ1n) is 22.0. The number of rotatable bonds is 17. The van der Waals surface area contributed by atoms with Crippen molar-refractivity contribution in [2.75, 3.05) is 39.9 Å². The molecule has 12 heteroatoms. The molecule has 0 saturated carbocycles. The van der Waals surface area contributed by atoms with Gasteiger partial charge in [-0.15, -0.1) is 0 Å². The molecule has 63 heavy (non-hydrogen) atoms. The molecule has 7 N–H and O–H groups in total. The summed E-state index contributed by atoms with van der Waals surface area (Å²) in [5.41, 5.74) is 23.7. The fraction of sp³-hybridized carbons (Fsp3) is 0.431. The minimum atomic E-state index is -1.16. The number of nitrogens with two attached hydrogens (primary N) is 3. The number of benzene rings is 4. The Bertz CT molecular complexity index is 2230. The van der Waals surface area contributed by atoms with E-state index in [1.165, 1.54) is 17.4 Å². The Hall–Kier alpha value is -5.69. The molecular weight excluding hydrogens is 795 g/mol. The third-order valence-electron chi connectivity index (χ3n) is 11.7. The van der Waals surface area contributed by atoms with Crippen molar-refractivity contribution < 1.29 is 33.4 Å². The van der Waals surface area contributed by atoms with Gasteiger partial charge < -0.3 is 36.9 Å². The number of likely N-dealkylation sites (N-methyl/N-ethyl adjacent to an activating group) is 1. The van der Waals surface area contributed by atoms with E-state index in [2.05, 4.69) is 50.4 Å². The van der Waals surface area contributed by atoms with E-state index in [0.29, 0.717) is 59.6 Å². The fourth-order valence-corrected chi connectivity index (χ4v) is 8.03. The minimum absolute atomic E-state index is 0.0276. The lowest BCUT2D eigenvalue weighted by molar-refractivity contribution is -0.142. The van der Waals surface area contributed by atoms with Gasteiger partial charge in [-0.3, -0.25) is 24.0 Å². The van der Waals surface area contributed by atoms with Gasteiger partial charge in [0.15, 0.2) is 17.3 Å². The highest BCUT2D eigenvalue weighted by molar-refractivity contribution is 6.00. The number of hydrogen-bond acceptors (Lipinski definition) is 10. The summed E-state index contributed by atoms with van der Waals surface area (Å²) >= 11 is 0. The zero-order valence-corrected chi connectivity index (χ0v) is 37.7. The monoisotopic (exact) mass is 859 g/mol. The Balaban J connectivity index is 1.55. The Labute approximate surface area is 372 Å². The lowest BCUT2D eigenvalue weighted by atomic mass is 9.86. The molecule has 0 aliphatic carbocycles. The van der Waals surface area contributed by atoms with Crippen LogP contribution in [0.3, 0.4) is 0 Å². The first-order valence-corrected chi connectivity index (χ1v) is 22.0. The van der Waals surface area contributed by atoms with Crippen molar-refractivity contribution in [2.24, 2.45) is 29.0 Å². The molecule has 2 amide bonds. The van der Waals surface area contributed by atoms with Crippen LogP contribution in [0.1, 0.15) is 99.8 Å². The topological polar surface area (TPSA) is 197 Å². The molecule has 4 aromatic carbocycles. The second-order valence-corrected chi connectivity index (χ2v) is 17.7. The number of carbonyl (C=O) groups excluding carboxylic acids is 5. The average molecular weight is 860 g/mol. The van der Waals surface area contributed by atoms with Crippen LogP contribution in [-0.4, -0.2) is 80.0 Å². The number of amides is 2.